The van der Waals surface area contributed by atoms with Crippen LogP contribution in [-0.2, 0) is 4.79 Å². The quantitative estimate of drug-likeness (QED) is 0.466. The molecule has 0 saturated heterocycles. The number of amides is 1. The Balaban J connectivity index is 1.83. The van der Waals surface area contributed by atoms with Crippen molar-refractivity contribution in [3.63, 3.8) is 0 Å². The van der Waals surface area contributed by atoms with Gasteiger partial charge in [-0.3, -0.25) is 4.79 Å². The highest BCUT2D eigenvalue weighted by Crippen LogP contribution is 2.27. The Morgan fingerprint density at radius 1 is 1.07 bits per heavy atom. The molecule has 0 bridgehead atoms. The van der Waals surface area contributed by atoms with E-state index in [2.05, 4.69) is 10.2 Å². The van der Waals surface area contributed by atoms with Gasteiger partial charge in [-0.1, -0.05) is 30.3 Å². The summed E-state index contributed by atoms with van der Waals surface area (Å²) in [6.45, 7) is 5.73. The Morgan fingerprint density at radius 3 is 2.45 bits per heavy atom. The fourth-order valence-corrected chi connectivity index (χ4v) is 3.21. The monoisotopic (exact) mass is 385 g/mol. The summed E-state index contributed by atoms with van der Waals surface area (Å²) in [5.74, 6) is -0.490. The molecule has 5 heteroatoms. The smallest absolute Gasteiger partial charge is 0.266 e. The number of carbonyl (C=O) groups excluding carboxylic acids is 1. The first-order valence-electron chi connectivity index (χ1n) is 9.55. The third-order valence-corrected chi connectivity index (χ3v) is 4.81. The third-order valence-electron chi connectivity index (χ3n) is 4.81. The van der Waals surface area contributed by atoms with Gasteiger partial charge in [0.2, 0.25) is 0 Å². The Morgan fingerprint density at radius 2 is 1.79 bits per heavy atom. The van der Waals surface area contributed by atoms with Crippen molar-refractivity contribution >= 4 is 34.1 Å². The zero-order valence-electron chi connectivity index (χ0n) is 16.5. The molecule has 146 valence electrons. The van der Waals surface area contributed by atoms with Gasteiger partial charge in [0.25, 0.3) is 5.91 Å². The number of aromatic hydroxyl groups is 1. The van der Waals surface area contributed by atoms with Crippen LogP contribution in [0.4, 0.5) is 11.4 Å². The summed E-state index contributed by atoms with van der Waals surface area (Å²) < 4.78 is 0. The van der Waals surface area contributed by atoms with Crippen LogP contribution in [0.2, 0.25) is 0 Å². The number of fused-ring (bicyclic) bond motifs is 1. The minimum Gasteiger partial charge on any atom is -0.507 e. The van der Waals surface area contributed by atoms with Crippen LogP contribution in [-0.4, -0.2) is 24.1 Å². The molecule has 0 aromatic heterocycles. The average Bonchev–Trinajstić information content (AvgIpc) is 2.74. The molecule has 0 spiro atoms. The number of benzene rings is 3. The van der Waals surface area contributed by atoms with Crippen molar-refractivity contribution in [1.29, 1.82) is 5.26 Å². The van der Waals surface area contributed by atoms with E-state index in [1.807, 2.05) is 62.4 Å². The van der Waals surface area contributed by atoms with Gasteiger partial charge in [-0.25, -0.2) is 0 Å². The maximum atomic E-state index is 12.6. The molecule has 29 heavy (non-hydrogen) atoms. The van der Waals surface area contributed by atoms with Crippen LogP contribution in [0.15, 0.2) is 66.2 Å². The first-order chi connectivity index (χ1) is 14.0. The highest BCUT2D eigenvalue weighted by Gasteiger charge is 2.12. The molecular weight excluding hydrogens is 362 g/mol. The number of carbonyl (C=O) groups is 1. The SMILES string of the molecule is CCN(CC)c1ccc(C=C(C#N)C(=O)Nc2ccc3ccccc3c2)c(O)c1. The number of phenols is 1. The first-order valence-corrected chi connectivity index (χ1v) is 9.55. The third kappa shape index (κ3) is 4.56. The second-order valence-electron chi connectivity index (χ2n) is 6.60. The van der Waals surface area contributed by atoms with E-state index in [1.54, 1.807) is 18.2 Å². The van der Waals surface area contributed by atoms with Crippen LogP contribution >= 0.6 is 0 Å². The van der Waals surface area contributed by atoms with Gasteiger partial charge in [0, 0.05) is 36.1 Å². The van der Waals surface area contributed by atoms with Crippen molar-refractivity contribution < 1.29 is 9.90 Å². The van der Waals surface area contributed by atoms with Gasteiger partial charge in [0.1, 0.15) is 17.4 Å². The normalized spacial score (nSPS) is 11.1. The Labute approximate surface area is 170 Å². The molecule has 1 amide bonds. The standard InChI is InChI=1S/C24H23N3O2/c1-3-27(4-2)22-12-10-19(23(28)15-22)13-20(16-25)24(29)26-21-11-9-17-7-5-6-8-18(17)14-21/h5-15,28H,3-4H2,1-2H3,(H,26,29). The van der Waals surface area contributed by atoms with Crippen LogP contribution in [0, 0.1) is 11.3 Å². The molecule has 3 aromatic rings. The number of nitrogens with zero attached hydrogens (tertiary/aromatic N) is 2. The molecule has 2 N–H and O–H groups in total. The number of nitrogens with one attached hydrogen (secondary N) is 1. The van der Waals surface area contributed by atoms with Gasteiger partial charge in [-0.05, 0) is 55.0 Å². The van der Waals surface area contributed by atoms with Crippen LogP contribution in [0.3, 0.4) is 0 Å². The number of phenolic OH excluding ortho intramolecular Hbond substituents is 1. The molecule has 5 nitrogen and oxygen atoms in total. The van der Waals surface area contributed by atoms with Gasteiger partial charge in [-0.2, -0.15) is 5.26 Å². The summed E-state index contributed by atoms with van der Waals surface area (Å²) >= 11 is 0. The summed E-state index contributed by atoms with van der Waals surface area (Å²) in [4.78, 5) is 14.7. The Hall–Kier alpha value is -3.78. The first kappa shape index (κ1) is 20.0. The Bertz CT molecular complexity index is 1110. The minimum absolute atomic E-state index is 0.0284. The molecule has 3 rings (SSSR count). The lowest BCUT2D eigenvalue weighted by Gasteiger charge is -2.21. The van der Waals surface area contributed by atoms with Gasteiger partial charge in [-0.15, -0.1) is 0 Å². The average molecular weight is 385 g/mol. The molecule has 0 atom stereocenters. The summed E-state index contributed by atoms with van der Waals surface area (Å²) in [7, 11) is 0. The lowest BCUT2D eigenvalue weighted by atomic mass is 10.1. The second-order valence-corrected chi connectivity index (χ2v) is 6.60. The van der Waals surface area contributed by atoms with E-state index in [0.717, 1.165) is 29.5 Å². The molecule has 0 aliphatic rings. The molecule has 0 radical (unpaired) electrons. The molecular formula is C24H23N3O2. The van der Waals surface area contributed by atoms with E-state index >= 15 is 0 Å². The molecule has 0 aliphatic carbocycles. The highest BCUT2D eigenvalue weighted by molar-refractivity contribution is 6.10. The lowest BCUT2D eigenvalue weighted by Crippen LogP contribution is -2.21. The van der Waals surface area contributed by atoms with Gasteiger partial charge >= 0.3 is 0 Å². The van der Waals surface area contributed by atoms with Gasteiger partial charge in [0.15, 0.2) is 0 Å². The van der Waals surface area contributed by atoms with E-state index in [0.29, 0.717) is 11.3 Å². The van der Waals surface area contributed by atoms with Crippen molar-refractivity contribution in [2.75, 3.05) is 23.3 Å². The topological polar surface area (TPSA) is 76.4 Å². The number of rotatable bonds is 6. The minimum atomic E-state index is -0.519. The molecule has 3 aromatic carbocycles. The molecule has 0 saturated carbocycles. The summed E-state index contributed by atoms with van der Waals surface area (Å²) in [6, 6.07) is 20.6. The van der Waals surface area contributed by atoms with Crippen molar-refractivity contribution in [3.8, 4) is 11.8 Å². The zero-order chi connectivity index (χ0) is 20.8. The summed E-state index contributed by atoms with van der Waals surface area (Å²) in [5, 5.41) is 24.6. The predicted molar refractivity (Wildman–Crippen MR) is 118 cm³/mol. The molecule has 0 heterocycles. The van der Waals surface area contributed by atoms with Gasteiger partial charge < -0.3 is 15.3 Å². The highest BCUT2D eigenvalue weighted by atomic mass is 16.3. The predicted octanol–water partition coefficient (Wildman–Crippen LogP) is 4.94. The van der Waals surface area contributed by atoms with E-state index < -0.39 is 5.91 Å². The molecule has 0 unspecified atom stereocenters. The number of nitriles is 1. The summed E-state index contributed by atoms with van der Waals surface area (Å²) in [6.07, 6.45) is 1.40. The van der Waals surface area contributed by atoms with Crippen molar-refractivity contribution in [2.24, 2.45) is 0 Å². The number of anilines is 2. The van der Waals surface area contributed by atoms with Crippen LogP contribution in [0.5, 0.6) is 5.75 Å². The Kier molecular flexibility index (Phi) is 6.16. The number of hydrogen-bond acceptors (Lipinski definition) is 4. The molecule has 0 aliphatic heterocycles. The van der Waals surface area contributed by atoms with E-state index in [-0.39, 0.29) is 11.3 Å². The van der Waals surface area contributed by atoms with Crippen LogP contribution in [0.25, 0.3) is 16.8 Å². The van der Waals surface area contributed by atoms with E-state index in [9.17, 15) is 15.2 Å². The number of hydrogen-bond donors (Lipinski definition) is 2. The van der Waals surface area contributed by atoms with E-state index in [1.165, 1.54) is 6.08 Å². The maximum Gasteiger partial charge on any atom is 0.266 e. The van der Waals surface area contributed by atoms with E-state index in [4.69, 9.17) is 0 Å². The second kappa shape index (κ2) is 8.94. The van der Waals surface area contributed by atoms with Gasteiger partial charge in [0.05, 0.1) is 0 Å². The fourth-order valence-electron chi connectivity index (χ4n) is 3.21. The van der Waals surface area contributed by atoms with Crippen molar-refractivity contribution in [2.45, 2.75) is 13.8 Å². The largest absolute Gasteiger partial charge is 0.507 e. The fraction of sp³-hybridized carbons (Fsp3) is 0.167. The van der Waals surface area contributed by atoms with Crippen LogP contribution in [0.1, 0.15) is 19.4 Å². The van der Waals surface area contributed by atoms with Crippen molar-refractivity contribution in [1.82, 2.24) is 0 Å². The molecule has 0 fully saturated rings. The van der Waals surface area contributed by atoms with Crippen LogP contribution < -0.4 is 10.2 Å². The summed E-state index contributed by atoms with van der Waals surface area (Å²) in [5.41, 5.74) is 1.84. The lowest BCUT2D eigenvalue weighted by molar-refractivity contribution is -0.112. The van der Waals surface area contributed by atoms with Crippen molar-refractivity contribution in [3.05, 3.63) is 71.8 Å². The maximum absolute atomic E-state index is 12.6. The zero-order valence-corrected chi connectivity index (χ0v) is 16.5.